The summed E-state index contributed by atoms with van der Waals surface area (Å²) in [5.41, 5.74) is 1.77. The van der Waals surface area contributed by atoms with E-state index in [1.54, 1.807) is 23.1 Å². The van der Waals surface area contributed by atoms with Crippen LogP contribution < -0.4 is 0 Å². The van der Waals surface area contributed by atoms with Gasteiger partial charge in [-0.15, -0.1) is 16.4 Å². The van der Waals surface area contributed by atoms with Crippen LogP contribution in [0.3, 0.4) is 0 Å². The number of thiophene rings is 1. The number of aromatic nitrogens is 3. The van der Waals surface area contributed by atoms with Crippen LogP contribution in [0.15, 0.2) is 16.0 Å². The second-order valence-electron chi connectivity index (χ2n) is 4.46. The largest absolute Gasteiger partial charge is 0.292 e. The van der Waals surface area contributed by atoms with Crippen LogP contribution in [-0.2, 0) is 13.5 Å². The number of hydrogen-bond donors (Lipinski definition) is 0. The fourth-order valence-electron chi connectivity index (χ4n) is 2.52. The quantitative estimate of drug-likeness (QED) is 0.797. The third-order valence-corrected chi connectivity index (χ3v) is 4.92. The van der Waals surface area contributed by atoms with Crippen molar-refractivity contribution in [3.05, 3.63) is 32.2 Å². The summed E-state index contributed by atoms with van der Waals surface area (Å²) in [5, 5.41) is 9.84. The number of carbonyl (C=O) groups is 1. The fourth-order valence-corrected chi connectivity index (χ4v) is 4.03. The van der Waals surface area contributed by atoms with Crippen LogP contribution >= 0.6 is 27.3 Å². The van der Waals surface area contributed by atoms with Crippen molar-refractivity contribution in [3.63, 3.8) is 0 Å². The van der Waals surface area contributed by atoms with Crippen molar-refractivity contribution in [1.29, 1.82) is 0 Å². The molecule has 2 aromatic rings. The van der Waals surface area contributed by atoms with Gasteiger partial charge < -0.3 is 0 Å². The van der Waals surface area contributed by atoms with Gasteiger partial charge in [-0.25, -0.2) is 4.68 Å². The fraction of sp³-hybridized carbons (Fsp3) is 0.417. The number of rotatable bonds is 2. The lowest BCUT2D eigenvalue weighted by Crippen LogP contribution is -2.20. The molecule has 0 saturated heterocycles. The lowest BCUT2D eigenvalue weighted by molar-refractivity contribution is 0.0941. The zero-order valence-corrected chi connectivity index (χ0v) is 12.3. The topological polar surface area (TPSA) is 47.8 Å². The molecule has 94 valence electrons. The first-order chi connectivity index (χ1) is 8.68. The molecule has 1 aliphatic carbocycles. The van der Waals surface area contributed by atoms with Gasteiger partial charge in [-0.05, 0) is 52.2 Å². The molecule has 0 saturated carbocycles. The van der Waals surface area contributed by atoms with E-state index >= 15 is 0 Å². The van der Waals surface area contributed by atoms with E-state index < -0.39 is 0 Å². The highest BCUT2D eigenvalue weighted by atomic mass is 79.9. The molecule has 0 aromatic carbocycles. The monoisotopic (exact) mass is 325 g/mol. The van der Waals surface area contributed by atoms with Crippen molar-refractivity contribution in [3.8, 4) is 0 Å². The standard InChI is InChI=1S/C12H12BrN3OS/c1-16-10(12(13)14-15-16)11(17)8-3-2-4-9-7(8)5-6-18-9/h5-6,8H,2-4H2,1H3. The van der Waals surface area contributed by atoms with Crippen LogP contribution in [0, 0.1) is 0 Å². The normalized spacial score (nSPS) is 18.7. The maximum Gasteiger partial charge on any atom is 0.191 e. The third-order valence-electron chi connectivity index (χ3n) is 3.39. The molecule has 0 aliphatic heterocycles. The Morgan fingerprint density at radius 3 is 3.17 bits per heavy atom. The van der Waals surface area contributed by atoms with Crippen molar-refractivity contribution in [2.75, 3.05) is 0 Å². The van der Waals surface area contributed by atoms with E-state index in [1.807, 2.05) is 0 Å². The highest BCUT2D eigenvalue weighted by Crippen LogP contribution is 2.37. The summed E-state index contributed by atoms with van der Waals surface area (Å²) in [6.07, 6.45) is 3.09. The van der Waals surface area contributed by atoms with Gasteiger partial charge in [0.25, 0.3) is 0 Å². The van der Waals surface area contributed by atoms with E-state index in [9.17, 15) is 4.79 Å². The van der Waals surface area contributed by atoms with Crippen LogP contribution in [0.2, 0.25) is 0 Å². The summed E-state index contributed by atoms with van der Waals surface area (Å²) < 4.78 is 2.09. The Labute approximate surface area is 117 Å². The van der Waals surface area contributed by atoms with Crippen LogP contribution in [0.25, 0.3) is 0 Å². The Balaban J connectivity index is 2.01. The maximum atomic E-state index is 12.6. The van der Waals surface area contributed by atoms with Crippen LogP contribution in [0.4, 0.5) is 0 Å². The Morgan fingerprint density at radius 1 is 1.61 bits per heavy atom. The summed E-state index contributed by atoms with van der Waals surface area (Å²) in [4.78, 5) is 14.0. The van der Waals surface area contributed by atoms with Gasteiger partial charge in [0.15, 0.2) is 10.4 Å². The van der Waals surface area contributed by atoms with Crippen molar-refractivity contribution in [2.45, 2.75) is 25.2 Å². The minimum atomic E-state index is -0.0338. The molecular weight excluding hydrogens is 314 g/mol. The summed E-state index contributed by atoms with van der Waals surface area (Å²) in [5.74, 6) is 0.0854. The van der Waals surface area contributed by atoms with E-state index in [-0.39, 0.29) is 11.7 Å². The first kappa shape index (κ1) is 12.0. The number of halogens is 1. The van der Waals surface area contributed by atoms with E-state index in [0.29, 0.717) is 10.3 Å². The number of nitrogens with zero attached hydrogens (tertiary/aromatic N) is 3. The molecule has 0 amide bonds. The molecular formula is C12H12BrN3OS. The Kier molecular flexibility index (Phi) is 3.07. The van der Waals surface area contributed by atoms with E-state index in [1.165, 1.54) is 10.4 Å². The number of ketones is 1. The highest BCUT2D eigenvalue weighted by Gasteiger charge is 2.31. The summed E-state index contributed by atoms with van der Waals surface area (Å²) in [6.45, 7) is 0. The first-order valence-electron chi connectivity index (χ1n) is 5.84. The van der Waals surface area contributed by atoms with Gasteiger partial charge in [-0.1, -0.05) is 5.21 Å². The second kappa shape index (κ2) is 4.59. The van der Waals surface area contributed by atoms with Gasteiger partial charge in [-0.3, -0.25) is 4.79 Å². The van der Waals surface area contributed by atoms with Gasteiger partial charge in [-0.2, -0.15) is 0 Å². The van der Waals surface area contributed by atoms with Gasteiger partial charge in [0, 0.05) is 11.9 Å². The third kappa shape index (κ3) is 1.83. The molecule has 0 bridgehead atoms. The maximum absolute atomic E-state index is 12.6. The molecule has 1 atom stereocenters. The highest BCUT2D eigenvalue weighted by molar-refractivity contribution is 9.10. The number of fused-ring (bicyclic) bond motifs is 1. The minimum Gasteiger partial charge on any atom is -0.292 e. The SMILES string of the molecule is Cn1nnc(Br)c1C(=O)C1CCCc2sccc21. The molecule has 1 aliphatic rings. The molecule has 0 fully saturated rings. The molecule has 6 heteroatoms. The minimum absolute atomic E-state index is 0.0338. The van der Waals surface area contributed by atoms with Crippen LogP contribution in [0.1, 0.15) is 39.7 Å². The number of aryl methyl sites for hydroxylation is 2. The first-order valence-corrected chi connectivity index (χ1v) is 7.51. The zero-order chi connectivity index (χ0) is 12.7. The van der Waals surface area contributed by atoms with Gasteiger partial charge in [0.2, 0.25) is 0 Å². The molecule has 1 unspecified atom stereocenters. The van der Waals surface area contributed by atoms with Gasteiger partial charge in [0.1, 0.15) is 5.69 Å². The molecule has 0 spiro atoms. The Hall–Kier alpha value is -1.01. The summed E-state index contributed by atoms with van der Waals surface area (Å²) >= 11 is 5.05. The van der Waals surface area contributed by atoms with E-state index in [2.05, 4.69) is 37.7 Å². The summed E-state index contributed by atoms with van der Waals surface area (Å²) in [7, 11) is 1.75. The van der Waals surface area contributed by atoms with Crippen molar-refractivity contribution in [2.24, 2.45) is 7.05 Å². The number of Topliss-reactive ketones (excluding diaryl/α,β-unsaturated/α-hetero) is 1. The lowest BCUT2D eigenvalue weighted by Gasteiger charge is -2.21. The van der Waals surface area contributed by atoms with Crippen molar-refractivity contribution < 1.29 is 4.79 Å². The van der Waals surface area contributed by atoms with Crippen LogP contribution in [-0.4, -0.2) is 20.8 Å². The van der Waals surface area contributed by atoms with Crippen molar-refractivity contribution >= 4 is 33.0 Å². The molecule has 18 heavy (non-hydrogen) atoms. The molecule has 4 nitrogen and oxygen atoms in total. The predicted molar refractivity (Wildman–Crippen MR) is 73.0 cm³/mol. The smallest absolute Gasteiger partial charge is 0.191 e. The molecule has 2 aromatic heterocycles. The molecule has 3 rings (SSSR count). The van der Waals surface area contributed by atoms with E-state index in [0.717, 1.165) is 19.3 Å². The molecule has 2 heterocycles. The predicted octanol–water partition coefficient (Wildman–Crippen LogP) is 2.94. The Bertz CT molecular complexity index is 585. The zero-order valence-electron chi connectivity index (χ0n) is 9.89. The average Bonchev–Trinajstić information content (AvgIpc) is 2.95. The average molecular weight is 326 g/mol. The second-order valence-corrected chi connectivity index (χ2v) is 6.21. The van der Waals surface area contributed by atoms with E-state index in [4.69, 9.17) is 0 Å². The number of hydrogen-bond acceptors (Lipinski definition) is 4. The Morgan fingerprint density at radius 2 is 2.44 bits per heavy atom. The van der Waals surface area contributed by atoms with Gasteiger partial charge in [0.05, 0.1) is 5.92 Å². The molecule has 0 N–H and O–H groups in total. The van der Waals surface area contributed by atoms with Gasteiger partial charge >= 0.3 is 0 Å². The van der Waals surface area contributed by atoms with Crippen molar-refractivity contribution in [1.82, 2.24) is 15.0 Å². The lowest BCUT2D eigenvalue weighted by atomic mass is 9.84. The molecule has 0 radical (unpaired) electrons. The number of carbonyl (C=O) groups excluding carboxylic acids is 1. The summed E-state index contributed by atoms with van der Waals surface area (Å²) in [6, 6.07) is 2.08. The van der Waals surface area contributed by atoms with Crippen LogP contribution in [0.5, 0.6) is 0 Å².